The highest BCUT2D eigenvalue weighted by atomic mass is 16.2. The van der Waals surface area contributed by atoms with Gasteiger partial charge in [0.2, 0.25) is 0 Å². The minimum atomic E-state index is -0.220. The van der Waals surface area contributed by atoms with Crippen molar-refractivity contribution < 1.29 is 4.79 Å². The molecule has 2 rings (SSSR count). The van der Waals surface area contributed by atoms with Crippen molar-refractivity contribution in [3.8, 4) is 6.07 Å². The Morgan fingerprint density at radius 2 is 2.14 bits per heavy atom. The molecule has 1 heterocycles. The maximum Gasteiger partial charge on any atom is 0.319 e. The molecule has 1 saturated heterocycles. The molecule has 3 N–H and O–H groups in total. The molecule has 1 atom stereocenters. The van der Waals surface area contributed by atoms with Crippen LogP contribution in [0.15, 0.2) is 24.3 Å². The smallest absolute Gasteiger partial charge is 0.319 e. The summed E-state index contributed by atoms with van der Waals surface area (Å²) in [7, 11) is 0. The van der Waals surface area contributed by atoms with Crippen LogP contribution in [0.4, 0.5) is 10.5 Å². The lowest BCUT2D eigenvalue weighted by atomic mass is 9.77. The fourth-order valence-electron chi connectivity index (χ4n) is 2.62. The lowest BCUT2D eigenvalue weighted by molar-refractivity contribution is 0.177. The molecule has 0 aromatic heterocycles. The van der Waals surface area contributed by atoms with E-state index in [4.69, 9.17) is 5.26 Å². The minimum absolute atomic E-state index is 0.194. The number of hydrogen-bond donors (Lipinski definition) is 3. The predicted octanol–water partition coefficient (Wildman–Crippen LogP) is 2.46. The molecule has 1 fully saturated rings. The van der Waals surface area contributed by atoms with Gasteiger partial charge in [0.05, 0.1) is 11.6 Å². The van der Waals surface area contributed by atoms with Gasteiger partial charge in [0, 0.05) is 18.3 Å². The number of nitriles is 1. The number of piperidine rings is 1. The van der Waals surface area contributed by atoms with Crippen LogP contribution in [-0.2, 0) is 0 Å². The van der Waals surface area contributed by atoms with Crippen LogP contribution in [0.1, 0.15) is 32.3 Å². The number of carbonyl (C=O) groups excluding carboxylic acids is 1. The summed E-state index contributed by atoms with van der Waals surface area (Å²) in [6, 6.07) is 8.93. The minimum Gasteiger partial charge on any atom is -0.336 e. The first-order valence-corrected chi connectivity index (χ1v) is 7.30. The largest absolute Gasteiger partial charge is 0.336 e. The summed E-state index contributed by atoms with van der Waals surface area (Å²) in [5.41, 5.74) is 1.46. The second-order valence-corrected chi connectivity index (χ2v) is 6.12. The highest BCUT2D eigenvalue weighted by Crippen LogP contribution is 2.29. The zero-order valence-corrected chi connectivity index (χ0v) is 12.6. The second-order valence-electron chi connectivity index (χ2n) is 6.12. The highest BCUT2D eigenvalue weighted by Gasteiger charge is 2.31. The van der Waals surface area contributed by atoms with Crippen LogP contribution in [0.5, 0.6) is 0 Å². The van der Waals surface area contributed by atoms with Gasteiger partial charge in [0.25, 0.3) is 0 Å². The summed E-state index contributed by atoms with van der Waals surface area (Å²) in [6.07, 6.45) is 2.35. The molecular weight excluding hydrogens is 264 g/mol. The molecule has 112 valence electrons. The van der Waals surface area contributed by atoms with Crippen molar-refractivity contribution in [1.29, 1.82) is 5.26 Å². The van der Waals surface area contributed by atoms with E-state index >= 15 is 0 Å². The van der Waals surface area contributed by atoms with Gasteiger partial charge in [0.1, 0.15) is 0 Å². The van der Waals surface area contributed by atoms with Gasteiger partial charge >= 0.3 is 6.03 Å². The van der Waals surface area contributed by atoms with Crippen molar-refractivity contribution in [3.05, 3.63) is 29.8 Å². The van der Waals surface area contributed by atoms with Crippen molar-refractivity contribution in [2.45, 2.75) is 32.7 Å². The molecule has 2 amide bonds. The Bertz CT molecular complexity index is 530. The first kappa shape index (κ1) is 15.3. The van der Waals surface area contributed by atoms with E-state index in [0.29, 0.717) is 17.8 Å². The van der Waals surface area contributed by atoms with Gasteiger partial charge in [-0.15, -0.1) is 0 Å². The number of carbonyl (C=O) groups is 1. The molecule has 5 heteroatoms. The number of urea groups is 1. The lowest BCUT2D eigenvalue weighted by Gasteiger charge is -2.39. The van der Waals surface area contributed by atoms with Crippen molar-refractivity contribution in [1.82, 2.24) is 10.6 Å². The zero-order chi connectivity index (χ0) is 15.3. The molecule has 0 radical (unpaired) electrons. The normalized spacial score (nSPS) is 20.3. The number of rotatable bonds is 3. The Hall–Kier alpha value is -2.06. The van der Waals surface area contributed by atoms with Gasteiger partial charge in [0.15, 0.2) is 0 Å². The van der Waals surface area contributed by atoms with Crippen LogP contribution >= 0.6 is 0 Å². The number of nitrogens with zero attached hydrogens (tertiary/aromatic N) is 1. The summed E-state index contributed by atoms with van der Waals surface area (Å²) in [4.78, 5) is 11.9. The zero-order valence-electron chi connectivity index (χ0n) is 12.6. The maximum atomic E-state index is 11.9. The van der Waals surface area contributed by atoms with Gasteiger partial charge in [-0.1, -0.05) is 13.8 Å². The average molecular weight is 286 g/mol. The number of nitrogens with one attached hydrogen (secondary N) is 3. The number of hydrogen-bond acceptors (Lipinski definition) is 3. The van der Waals surface area contributed by atoms with E-state index in [0.717, 1.165) is 6.54 Å². The molecule has 5 nitrogen and oxygen atoms in total. The third-order valence-corrected chi connectivity index (χ3v) is 4.07. The molecule has 1 aliphatic heterocycles. The Morgan fingerprint density at radius 1 is 1.43 bits per heavy atom. The standard InChI is InChI=1S/C16H22N4O/c1-16(2)8-3-9-18-14(16)11-19-15(21)20-13-6-4-12(10-17)5-7-13/h4-7,14,18H,3,8-9,11H2,1-2H3,(H2,19,20,21). The van der Waals surface area contributed by atoms with Gasteiger partial charge in [-0.2, -0.15) is 5.26 Å². The molecule has 1 aromatic carbocycles. The summed E-state index contributed by atoms with van der Waals surface area (Å²) >= 11 is 0. The Kier molecular flexibility index (Phi) is 4.81. The predicted molar refractivity (Wildman–Crippen MR) is 83.0 cm³/mol. The van der Waals surface area contributed by atoms with E-state index in [2.05, 4.69) is 29.8 Å². The number of anilines is 1. The Balaban J connectivity index is 1.83. The van der Waals surface area contributed by atoms with Gasteiger partial charge in [-0.25, -0.2) is 4.79 Å². The molecule has 1 aliphatic rings. The average Bonchev–Trinajstić information content (AvgIpc) is 2.46. The van der Waals surface area contributed by atoms with Crippen LogP contribution in [-0.4, -0.2) is 25.2 Å². The molecule has 21 heavy (non-hydrogen) atoms. The second kappa shape index (κ2) is 6.59. The van der Waals surface area contributed by atoms with Crippen molar-refractivity contribution >= 4 is 11.7 Å². The molecule has 0 spiro atoms. The fourth-order valence-corrected chi connectivity index (χ4v) is 2.62. The molecule has 1 unspecified atom stereocenters. The summed E-state index contributed by atoms with van der Waals surface area (Å²) in [5.74, 6) is 0. The van der Waals surface area contributed by atoms with Crippen molar-refractivity contribution in [2.75, 3.05) is 18.4 Å². The number of amides is 2. The van der Waals surface area contributed by atoms with E-state index in [-0.39, 0.29) is 17.5 Å². The lowest BCUT2D eigenvalue weighted by Crippen LogP contribution is -2.53. The monoisotopic (exact) mass is 286 g/mol. The Morgan fingerprint density at radius 3 is 2.76 bits per heavy atom. The van der Waals surface area contributed by atoms with Crippen molar-refractivity contribution in [2.24, 2.45) is 5.41 Å². The number of benzene rings is 1. The van der Waals surface area contributed by atoms with E-state index < -0.39 is 0 Å². The third kappa shape index (κ3) is 4.20. The SMILES string of the molecule is CC1(C)CCCNC1CNC(=O)Nc1ccc(C#N)cc1. The first-order chi connectivity index (χ1) is 10.0. The van der Waals surface area contributed by atoms with E-state index in [1.165, 1.54) is 12.8 Å². The Labute approximate surface area is 125 Å². The fraction of sp³-hybridized carbons (Fsp3) is 0.500. The van der Waals surface area contributed by atoms with E-state index in [1.807, 2.05) is 6.07 Å². The van der Waals surface area contributed by atoms with E-state index in [9.17, 15) is 4.79 Å². The maximum absolute atomic E-state index is 11.9. The molecule has 0 aliphatic carbocycles. The van der Waals surface area contributed by atoms with Crippen LogP contribution in [0.3, 0.4) is 0 Å². The topological polar surface area (TPSA) is 76.9 Å². The third-order valence-electron chi connectivity index (χ3n) is 4.07. The summed E-state index contributed by atoms with van der Waals surface area (Å²) in [6.45, 7) is 6.07. The molecule has 0 bridgehead atoms. The molecule has 1 aromatic rings. The summed E-state index contributed by atoms with van der Waals surface area (Å²) < 4.78 is 0. The van der Waals surface area contributed by atoms with Gasteiger partial charge < -0.3 is 16.0 Å². The van der Waals surface area contributed by atoms with Crippen LogP contribution < -0.4 is 16.0 Å². The van der Waals surface area contributed by atoms with Crippen LogP contribution in [0, 0.1) is 16.7 Å². The highest BCUT2D eigenvalue weighted by molar-refractivity contribution is 5.89. The quantitative estimate of drug-likeness (QED) is 0.798. The van der Waals surface area contributed by atoms with Gasteiger partial charge in [-0.05, 0) is 49.1 Å². The van der Waals surface area contributed by atoms with Gasteiger partial charge in [-0.3, -0.25) is 0 Å². The van der Waals surface area contributed by atoms with E-state index in [1.54, 1.807) is 24.3 Å². The van der Waals surface area contributed by atoms with Crippen molar-refractivity contribution in [3.63, 3.8) is 0 Å². The first-order valence-electron chi connectivity index (χ1n) is 7.30. The molecular formula is C16H22N4O. The summed E-state index contributed by atoms with van der Waals surface area (Å²) in [5, 5.41) is 17.9. The molecule has 0 saturated carbocycles. The van der Waals surface area contributed by atoms with Crippen LogP contribution in [0.2, 0.25) is 0 Å². The van der Waals surface area contributed by atoms with Crippen LogP contribution in [0.25, 0.3) is 0 Å².